The standard InChI is InChI=1S/C13H21N3O3/c1-10-9-15(12(18)19-13(2,3)4)7-8-16(10)11(17)5-6-14/h10H,5,7-9H2,1-4H3. The van der Waals surface area contributed by atoms with Crippen molar-refractivity contribution in [2.45, 2.75) is 45.8 Å². The summed E-state index contributed by atoms with van der Waals surface area (Å²) >= 11 is 0. The van der Waals surface area contributed by atoms with Crippen LogP contribution >= 0.6 is 0 Å². The van der Waals surface area contributed by atoms with Gasteiger partial charge in [-0.25, -0.2) is 4.79 Å². The second-order valence-corrected chi connectivity index (χ2v) is 5.70. The van der Waals surface area contributed by atoms with E-state index in [1.54, 1.807) is 9.80 Å². The highest BCUT2D eigenvalue weighted by molar-refractivity contribution is 5.79. The highest BCUT2D eigenvalue weighted by Gasteiger charge is 2.31. The molecule has 1 rings (SSSR count). The normalized spacial score (nSPS) is 19.8. The zero-order valence-electron chi connectivity index (χ0n) is 12.0. The lowest BCUT2D eigenvalue weighted by Crippen LogP contribution is -2.56. The number of rotatable bonds is 1. The molecule has 0 aromatic carbocycles. The van der Waals surface area contributed by atoms with E-state index in [1.165, 1.54) is 0 Å². The van der Waals surface area contributed by atoms with Crippen LogP contribution in [0.2, 0.25) is 0 Å². The van der Waals surface area contributed by atoms with Crippen molar-refractivity contribution in [1.82, 2.24) is 9.80 Å². The van der Waals surface area contributed by atoms with Gasteiger partial charge in [-0.1, -0.05) is 0 Å². The van der Waals surface area contributed by atoms with Gasteiger partial charge in [-0.15, -0.1) is 0 Å². The van der Waals surface area contributed by atoms with Crippen molar-refractivity contribution >= 4 is 12.0 Å². The van der Waals surface area contributed by atoms with Gasteiger partial charge in [-0.3, -0.25) is 4.79 Å². The summed E-state index contributed by atoms with van der Waals surface area (Å²) in [4.78, 5) is 26.8. The summed E-state index contributed by atoms with van der Waals surface area (Å²) in [7, 11) is 0. The number of hydrogen-bond acceptors (Lipinski definition) is 4. The smallest absolute Gasteiger partial charge is 0.410 e. The Hall–Kier alpha value is -1.77. The van der Waals surface area contributed by atoms with Crippen LogP contribution in [0.25, 0.3) is 0 Å². The minimum Gasteiger partial charge on any atom is -0.444 e. The topological polar surface area (TPSA) is 73.6 Å². The highest BCUT2D eigenvalue weighted by Crippen LogP contribution is 2.15. The van der Waals surface area contributed by atoms with Crippen molar-refractivity contribution in [2.24, 2.45) is 0 Å². The van der Waals surface area contributed by atoms with Crippen LogP contribution in [0.4, 0.5) is 4.79 Å². The minimum atomic E-state index is -0.520. The molecule has 106 valence electrons. The average molecular weight is 267 g/mol. The molecule has 0 aromatic rings. The van der Waals surface area contributed by atoms with Crippen LogP contribution in [0.1, 0.15) is 34.1 Å². The first-order chi connectivity index (χ1) is 8.74. The summed E-state index contributed by atoms with van der Waals surface area (Å²) in [5, 5.41) is 8.54. The summed E-state index contributed by atoms with van der Waals surface area (Å²) < 4.78 is 5.30. The van der Waals surface area contributed by atoms with Crippen molar-refractivity contribution in [2.75, 3.05) is 19.6 Å². The third-order valence-corrected chi connectivity index (χ3v) is 2.83. The van der Waals surface area contributed by atoms with E-state index in [9.17, 15) is 9.59 Å². The Morgan fingerprint density at radius 3 is 2.47 bits per heavy atom. The summed E-state index contributed by atoms with van der Waals surface area (Å²) in [5.74, 6) is -0.182. The largest absolute Gasteiger partial charge is 0.444 e. The predicted molar refractivity (Wildman–Crippen MR) is 69.2 cm³/mol. The molecule has 1 unspecified atom stereocenters. The van der Waals surface area contributed by atoms with Crippen LogP contribution in [-0.4, -0.2) is 53.1 Å². The van der Waals surface area contributed by atoms with Crippen molar-refractivity contribution in [3.05, 3.63) is 0 Å². The van der Waals surface area contributed by atoms with E-state index in [1.807, 2.05) is 33.8 Å². The fourth-order valence-electron chi connectivity index (χ4n) is 1.99. The molecule has 0 N–H and O–H groups in total. The molecule has 1 fully saturated rings. The monoisotopic (exact) mass is 267 g/mol. The van der Waals surface area contributed by atoms with Crippen LogP contribution in [0.3, 0.4) is 0 Å². The molecule has 6 nitrogen and oxygen atoms in total. The lowest BCUT2D eigenvalue weighted by molar-refractivity contribution is -0.134. The molecule has 19 heavy (non-hydrogen) atoms. The zero-order chi connectivity index (χ0) is 14.6. The van der Waals surface area contributed by atoms with Gasteiger partial charge in [0.2, 0.25) is 5.91 Å². The Balaban J connectivity index is 2.57. The molecule has 0 aliphatic carbocycles. The Morgan fingerprint density at radius 1 is 1.37 bits per heavy atom. The number of carbonyl (C=O) groups is 2. The average Bonchev–Trinajstić information content (AvgIpc) is 2.26. The molecule has 1 atom stereocenters. The second kappa shape index (κ2) is 5.91. The van der Waals surface area contributed by atoms with Crippen LogP contribution in [0.15, 0.2) is 0 Å². The second-order valence-electron chi connectivity index (χ2n) is 5.70. The van der Waals surface area contributed by atoms with E-state index < -0.39 is 5.60 Å². The summed E-state index contributed by atoms with van der Waals surface area (Å²) in [6, 6.07) is 1.76. The Kier molecular flexibility index (Phi) is 4.76. The fourth-order valence-corrected chi connectivity index (χ4v) is 1.99. The van der Waals surface area contributed by atoms with Gasteiger partial charge in [0.25, 0.3) is 0 Å². The lowest BCUT2D eigenvalue weighted by Gasteiger charge is -2.39. The van der Waals surface area contributed by atoms with Gasteiger partial charge in [0, 0.05) is 25.7 Å². The van der Waals surface area contributed by atoms with Crippen molar-refractivity contribution in [3.8, 4) is 6.07 Å². The van der Waals surface area contributed by atoms with Crippen LogP contribution in [-0.2, 0) is 9.53 Å². The Bertz CT molecular complexity index is 395. The van der Waals surface area contributed by atoms with Gasteiger partial charge in [0.05, 0.1) is 6.07 Å². The van der Waals surface area contributed by atoms with Gasteiger partial charge in [0.15, 0.2) is 0 Å². The zero-order valence-corrected chi connectivity index (χ0v) is 12.0. The highest BCUT2D eigenvalue weighted by atomic mass is 16.6. The van der Waals surface area contributed by atoms with Gasteiger partial charge in [-0.05, 0) is 27.7 Å². The molecule has 1 aliphatic rings. The van der Waals surface area contributed by atoms with E-state index in [0.29, 0.717) is 19.6 Å². The predicted octanol–water partition coefficient (Wildman–Crippen LogP) is 1.37. The molecule has 0 radical (unpaired) electrons. The third kappa shape index (κ3) is 4.43. The lowest BCUT2D eigenvalue weighted by atomic mass is 10.1. The maximum absolute atomic E-state index is 11.9. The Morgan fingerprint density at radius 2 is 2.00 bits per heavy atom. The van der Waals surface area contributed by atoms with Crippen molar-refractivity contribution in [3.63, 3.8) is 0 Å². The molecule has 1 heterocycles. The SMILES string of the molecule is CC1CN(C(=O)OC(C)(C)C)CCN1C(=O)CC#N. The summed E-state index contributed by atoms with van der Waals surface area (Å²) in [6.07, 6.45) is -0.469. The molecule has 0 spiro atoms. The molecule has 0 bridgehead atoms. The van der Waals surface area contributed by atoms with Gasteiger partial charge in [-0.2, -0.15) is 5.26 Å². The van der Waals surface area contributed by atoms with E-state index in [-0.39, 0.29) is 24.5 Å². The number of nitriles is 1. The quantitative estimate of drug-likeness (QED) is 0.719. The number of ether oxygens (including phenoxy) is 1. The fraction of sp³-hybridized carbons (Fsp3) is 0.769. The maximum atomic E-state index is 11.9. The first kappa shape index (κ1) is 15.3. The molecule has 1 saturated heterocycles. The molecule has 1 aliphatic heterocycles. The van der Waals surface area contributed by atoms with Crippen LogP contribution < -0.4 is 0 Å². The number of hydrogen-bond donors (Lipinski definition) is 0. The first-order valence-corrected chi connectivity index (χ1v) is 6.39. The van der Waals surface area contributed by atoms with E-state index in [0.717, 1.165) is 0 Å². The van der Waals surface area contributed by atoms with Crippen molar-refractivity contribution in [1.29, 1.82) is 5.26 Å². The molecule has 0 saturated carbocycles. The number of amides is 2. The minimum absolute atomic E-state index is 0.0953. The van der Waals surface area contributed by atoms with Crippen molar-refractivity contribution < 1.29 is 14.3 Å². The molecule has 0 aromatic heterocycles. The number of piperazine rings is 1. The van der Waals surface area contributed by atoms with Crippen LogP contribution in [0.5, 0.6) is 0 Å². The van der Waals surface area contributed by atoms with Crippen LogP contribution in [0, 0.1) is 11.3 Å². The van der Waals surface area contributed by atoms with Gasteiger partial charge >= 0.3 is 6.09 Å². The molecule has 6 heteroatoms. The Labute approximate surface area is 113 Å². The van der Waals surface area contributed by atoms with Gasteiger partial charge in [0.1, 0.15) is 12.0 Å². The maximum Gasteiger partial charge on any atom is 0.410 e. The summed E-state index contributed by atoms with van der Waals surface area (Å²) in [5.41, 5.74) is -0.520. The third-order valence-electron chi connectivity index (χ3n) is 2.83. The molecular formula is C13H21N3O3. The van der Waals surface area contributed by atoms with E-state index in [2.05, 4.69) is 0 Å². The first-order valence-electron chi connectivity index (χ1n) is 6.39. The number of carbonyl (C=O) groups excluding carboxylic acids is 2. The molecule has 2 amide bonds. The van der Waals surface area contributed by atoms with E-state index in [4.69, 9.17) is 10.00 Å². The van der Waals surface area contributed by atoms with E-state index >= 15 is 0 Å². The van der Waals surface area contributed by atoms with Gasteiger partial charge < -0.3 is 14.5 Å². The molecular weight excluding hydrogens is 246 g/mol. The summed E-state index contributed by atoms with van der Waals surface area (Å²) in [6.45, 7) is 8.65. The number of nitrogens with zero attached hydrogens (tertiary/aromatic N) is 3.